The number of ether oxygens (including phenoxy) is 5. The van der Waals surface area contributed by atoms with Crippen molar-refractivity contribution in [1.29, 1.82) is 0 Å². The SMILES string of the molecule is CC(=O)N[C@@H]1[C@@H](O[C@@H]2O[C@H](CO)[C@H](O)[C@H](O[C@@H]3O[C@H](CO)[C@@H](O)[C@H](O)[C@H]3NC(C)=O)[C@H]2O)[C@@H](O)[C@@H](CO)O[C@H]1O. The molecule has 0 radical (unpaired) electrons. The zero-order valence-corrected chi connectivity index (χ0v) is 21.7. The number of amides is 2. The first-order valence-corrected chi connectivity index (χ1v) is 12.6. The molecule has 40 heavy (non-hydrogen) atoms. The lowest BCUT2D eigenvalue weighted by Gasteiger charge is -2.49. The molecule has 3 aliphatic rings. The fourth-order valence-electron chi connectivity index (χ4n) is 4.86. The van der Waals surface area contributed by atoms with Gasteiger partial charge in [0.2, 0.25) is 11.8 Å². The second kappa shape index (κ2) is 14.0. The molecule has 2 amide bonds. The molecule has 3 aliphatic heterocycles. The van der Waals surface area contributed by atoms with Gasteiger partial charge in [-0.05, 0) is 0 Å². The van der Waals surface area contributed by atoms with E-state index >= 15 is 0 Å². The second-order valence-corrected chi connectivity index (χ2v) is 9.81. The van der Waals surface area contributed by atoms with Crippen LogP contribution in [0.15, 0.2) is 0 Å². The predicted octanol–water partition coefficient (Wildman–Crippen LogP) is -7.29. The average Bonchev–Trinajstić information content (AvgIpc) is 2.90. The maximum absolute atomic E-state index is 11.7. The largest absolute Gasteiger partial charge is 0.394 e. The van der Waals surface area contributed by atoms with E-state index in [4.69, 9.17) is 23.7 Å². The van der Waals surface area contributed by atoms with Gasteiger partial charge in [0, 0.05) is 13.8 Å². The summed E-state index contributed by atoms with van der Waals surface area (Å²) in [6.45, 7) is -0.135. The summed E-state index contributed by atoms with van der Waals surface area (Å²) in [5.74, 6) is -1.31. The second-order valence-electron chi connectivity index (χ2n) is 9.81. The monoisotopic (exact) mass is 586 g/mol. The van der Waals surface area contributed by atoms with Gasteiger partial charge < -0.3 is 80.3 Å². The van der Waals surface area contributed by atoms with Crippen molar-refractivity contribution in [2.75, 3.05) is 19.8 Å². The number of carbonyl (C=O) groups is 2. The lowest BCUT2D eigenvalue weighted by atomic mass is 9.94. The minimum atomic E-state index is -1.94. The van der Waals surface area contributed by atoms with E-state index in [0.29, 0.717) is 0 Å². The molecule has 15 atom stereocenters. The van der Waals surface area contributed by atoms with Crippen molar-refractivity contribution >= 4 is 11.8 Å². The summed E-state index contributed by atoms with van der Waals surface area (Å²) in [7, 11) is 0. The van der Waals surface area contributed by atoms with Gasteiger partial charge in [-0.25, -0.2) is 0 Å². The summed E-state index contributed by atoms with van der Waals surface area (Å²) in [4.78, 5) is 23.4. The molecule has 18 heteroatoms. The zero-order chi connectivity index (χ0) is 29.9. The van der Waals surface area contributed by atoms with Gasteiger partial charge in [0.25, 0.3) is 0 Å². The molecule has 3 fully saturated rings. The van der Waals surface area contributed by atoms with Crippen LogP contribution in [-0.2, 0) is 33.3 Å². The summed E-state index contributed by atoms with van der Waals surface area (Å²) < 4.78 is 27.5. The van der Waals surface area contributed by atoms with Crippen molar-refractivity contribution in [3.63, 3.8) is 0 Å². The van der Waals surface area contributed by atoms with Gasteiger partial charge in [-0.3, -0.25) is 9.59 Å². The molecule has 0 bridgehead atoms. The van der Waals surface area contributed by atoms with Crippen LogP contribution in [0.25, 0.3) is 0 Å². The molecule has 0 saturated carbocycles. The van der Waals surface area contributed by atoms with Crippen molar-refractivity contribution in [2.24, 2.45) is 0 Å². The molecule has 0 aromatic rings. The Kier molecular flexibility index (Phi) is 11.5. The molecular weight excluding hydrogens is 548 g/mol. The van der Waals surface area contributed by atoms with Crippen LogP contribution in [0.1, 0.15) is 13.8 Å². The average molecular weight is 587 g/mol. The van der Waals surface area contributed by atoms with E-state index in [2.05, 4.69) is 10.6 Å². The Hall–Kier alpha value is -1.62. The quantitative estimate of drug-likeness (QED) is 0.120. The summed E-state index contributed by atoms with van der Waals surface area (Å²) in [6.07, 6.45) is -21.5. The number of nitrogens with one attached hydrogen (secondary N) is 2. The third kappa shape index (κ3) is 7.05. The number of aliphatic hydroxyl groups is 9. The maximum atomic E-state index is 11.7. The van der Waals surface area contributed by atoms with Gasteiger partial charge >= 0.3 is 0 Å². The zero-order valence-electron chi connectivity index (χ0n) is 21.7. The highest BCUT2D eigenvalue weighted by Gasteiger charge is 2.54. The van der Waals surface area contributed by atoms with E-state index in [9.17, 15) is 55.5 Å². The lowest BCUT2D eigenvalue weighted by Crippen LogP contribution is -2.69. The minimum Gasteiger partial charge on any atom is -0.394 e. The van der Waals surface area contributed by atoms with Crippen LogP contribution in [0, 0.1) is 0 Å². The van der Waals surface area contributed by atoms with Crippen LogP contribution in [-0.4, -0.2) is 170 Å². The third-order valence-corrected chi connectivity index (χ3v) is 6.90. The van der Waals surface area contributed by atoms with Gasteiger partial charge in [-0.2, -0.15) is 0 Å². The Morgan fingerprint density at radius 3 is 1.60 bits per heavy atom. The Bertz CT molecular complexity index is 854. The molecule has 3 rings (SSSR count). The topological polar surface area (TPSA) is 286 Å². The number of hydrogen-bond acceptors (Lipinski definition) is 16. The highest BCUT2D eigenvalue weighted by Crippen LogP contribution is 2.32. The normalized spacial score (nSPS) is 46.0. The molecule has 0 unspecified atom stereocenters. The van der Waals surface area contributed by atoms with Crippen LogP contribution >= 0.6 is 0 Å². The predicted molar refractivity (Wildman–Crippen MR) is 124 cm³/mol. The van der Waals surface area contributed by atoms with Crippen LogP contribution in [0.2, 0.25) is 0 Å². The number of carbonyl (C=O) groups excluding carboxylic acids is 2. The van der Waals surface area contributed by atoms with Crippen LogP contribution in [0.5, 0.6) is 0 Å². The maximum Gasteiger partial charge on any atom is 0.217 e. The molecule has 3 heterocycles. The van der Waals surface area contributed by atoms with Crippen molar-refractivity contribution in [1.82, 2.24) is 10.6 Å². The summed E-state index contributed by atoms with van der Waals surface area (Å²) in [5.41, 5.74) is 0. The molecule has 232 valence electrons. The van der Waals surface area contributed by atoms with Gasteiger partial charge in [0.1, 0.15) is 73.1 Å². The highest BCUT2D eigenvalue weighted by atomic mass is 16.7. The summed E-state index contributed by atoms with van der Waals surface area (Å²) in [6, 6.07) is -2.86. The first-order chi connectivity index (χ1) is 18.8. The van der Waals surface area contributed by atoms with Crippen LogP contribution in [0.4, 0.5) is 0 Å². The molecule has 0 spiro atoms. The van der Waals surface area contributed by atoms with E-state index in [1.165, 1.54) is 0 Å². The fourth-order valence-corrected chi connectivity index (χ4v) is 4.86. The first-order valence-electron chi connectivity index (χ1n) is 12.6. The highest BCUT2D eigenvalue weighted by molar-refractivity contribution is 5.73. The van der Waals surface area contributed by atoms with Gasteiger partial charge in [0.15, 0.2) is 18.9 Å². The fraction of sp³-hybridized carbons (Fsp3) is 0.909. The van der Waals surface area contributed by atoms with Gasteiger partial charge in [0.05, 0.1) is 19.8 Å². The molecule has 3 saturated heterocycles. The third-order valence-electron chi connectivity index (χ3n) is 6.90. The van der Waals surface area contributed by atoms with Gasteiger partial charge in [-0.15, -0.1) is 0 Å². The number of aliphatic hydroxyl groups excluding tert-OH is 9. The summed E-state index contributed by atoms with van der Waals surface area (Å²) in [5, 5.41) is 97.2. The molecule has 0 aliphatic carbocycles. The van der Waals surface area contributed by atoms with Crippen LogP contribution in [0.3, 0.4) is 0 Å². The molecular formula is C22H38N2O16. The lowest BCUT2D eigenvalue weighted by molar-refractivity contribution is -0.365. The van der Waals surface area contributed by atoms with E-state index in [0.717, 1.165) is 13.8 Å². The molecule has 11 N–H and O–H groups in total. The van der Waals surface area contributed by atoms with Crippen molar-refractivity contribution in [2.45, 2.75) is 106 Å². The van der Waals surface area contributed by atoms with E-state index in [1.807, 2.05) is 0 Å². The van der Waals surface area contributed by atoms with Crippen molar-refractivity contribution in [3.8, 4) is 0 Å². The molecule has 18 nitrogen and oxygen atoms in total. The van der Waals surface area contributed by atoms with E-state index < -0.39 is 124 Å². The first kappa shape index (κ1) is 32.9. The molecule has 0 aromatic carbocycles. The van der Waals surface area contributed by atoms with E-state index in [-0.39, 0.29) is 0 Å². The Balaban J connectivity index is 1.88. The van der Waals surface area contributed by atoms with E-state index in [1.54, 1.807) is 0 Å². The standard InChI is InChI=1S/C22H38N2O16/c1-6(28)23-11-16(33)13(30)8(3-25)37-21(11)40-19-15(32)10(5-27)38-22(17(19)34)39-18-12(24-7(2)29)20(35)36-9(4-26)14(18)31/h8-22,25-27,30-35H,3-5H2,1-2H3,(H,23,28)(H,24,29)/t8-,9-,10-,11-,12-,13-,14+,15+,16-,17-,18-,19+,20-,21+,22+/m1/s1. The Morgan fingerprint density at radius 1 is 0.600 bits per heavy atom. The van der Waals surface area contributed by atoms with Crippen LogP contribution < -0.4 is 10.6 Å². The smallest absolute Gasteiger partial charge is 0.217 e. The number of hydrogen-bond donors (Lipinski definition) is 11. The van der Waals surface area contributed by atoms with Crippen molar-refractivity contribution < 1.29 is 79.2 Å². The Morgan fingerprint density at radius 2 is 1.05 bits per heavy atom. The molecule has 0 aromatic heterocycles. The minimum absolute atomic E-state index is 0.650. The summed E-state index contributed by atoms with van der Waals surface area (Å²) >= 11 is 0. The van der Waals surface area contributed by atoms with Gasteiger partial charge in [-0.1, -0.05) is 0 Å². The Labute approximate surface area is 228 Å². The number of rotatable bonds is 9. The van der Waals surface area contributed by atoms with Crippen molar-refractivity contribution in [3.05, 3.63) is 0 Å².